The van der Waals surface area contributed by atoms with Crippen LogP contribution in [0.3, 0.4) is 0 Å². The average Bonchev–Trinajstić information content (AvgIpc) is 2.98. The van der Waals surface area contributed by atoms with E-state index in [1.165, 1.54) is 19.3 Å². The summed E-state index contributed by atoms with van der Waals surface area (Å²) < 4.78 is 2.12. The van der Waals surface area contributed by atoms with Gasteiger partial charge in [0.05, 0.1) is 11.0 Å². The van der Waals surface area contributed by atoms with Gasteiger partial charge in [-0.05, 0) is 50.1 Å². The Labute approximate surface area is 147 Å². The molecule has 4 heteroatoms. The van der Waals surface area contributed by atoms with Gasteiger partial charge in [-0.25, -0.2) is 4.98 Å². The molecule has 0 unspecified atom stereocenters. The average molecular weight is 333 g/mol. The van der Waals surface area contributed by atoms with E-state index < -0.39 is 0 Å². The van der Waals surface area contributed by atoms with Gasteiger partial charge in [-0.15, -0.1) is 0 Å². The number of nitrogens with zero attached hydrogens (tertiary/aromatic N) is 2. The molecule has 1 aliphatic carbocycles. The number of carbonyl (C=O) groups is 1. The van der Waals surface area contributed by atoms with Gasteiger partial charge in [-0.2, -0.15) is 0 Å². The lowest BCUT2D eigenvalue weighted by Gasteiger charge is -2.22. The van der Waals surface area contributed by atoms with Crippen molar-refractivity contribution in [2.75, 3.05) is 0 Å². The Balaban J connectivity index is 1.64. The van der Waals surface area contributed by atoms with Crippen molar-refractivity contribution >= 4 is 16.9 Å². The van der Waals surface area contributed by atoms with E-state index >= 15 is 0 Å². The van der Waals surface area contributed by atoms with E-state index in [2.05, 4.69) is 27.0 Å². The number of fused-ring (bicyclic) bond motifs is 1. The Morgan fingerprint density at radius 1 is 1.08 bits per heavy atom. The first kappa shape index (κ1) is 15.9. The highest BCUT2D eigenvalue weighted by Crippen LogP contribution is 2.23. The number of amides is 1. The summed E-state index contributed by atoms with van der Waals surface area (Å²) in [6.45, 7) is 1.99. The highest BCUT2D eigenvalue weighted by molar-refractivity contribution is 5.97. The zero-order valence-electron chi connectivity index (χ0n) is 14.5. The zero-order valence-corrected chi connectivity index (χ0v) is 14.5. The molecule has 1 fully saturated rings. The van der Waals surface area contributed by atoms with E-state index in [1.807, 2.05) is 43.3 Å². The van der Waals surface area contributed by atoms with Crippen molar-refractivity contribution < 1.29 is 4.79 Å². The van der Waals surface area contributed by atoms with Crippen molar-refractivity contribution in [2.24, 2.45) is 0 Å². The van der Waals surface area contributed by atoms with Gasteiger partial charge in [0, 0.05) is 17.3 Å². The van der Waals surface area contributed by atoms with Gasteiger partial charge < -0.3 is 5.32 Å². The molecule has 0 saturated heterocycles. The molecule has 0 bridgehead atoms. The summed E-state index contributed by atoms with van der Waals surface area (Å²) in [4.78, 5) is 17.2. The first-order chi connectivity index (χ1) is 12.2. The van der Waals surface area contributed by atoms with Crippen molar-refractivity contribution in [2.45, 2.75) is 45.1 Å². The maximum absolute atomic E-state index is 12.6. The normalized spacial score (nSPS) is 15.4. The van der Waals surface area contributed by atoms with Crippen LogP contribution in [0.15, 0.2) is 48.5 Å². The van der Waals surface area contributed by atoms with Crippen LogP contribution in [0.25, 0.3) is 16.7 Å². The Morgan fingerprint density at radius 3 is 2.60 bits per heavy atom. The molecule has 0 atom stereocenters. The molecule has 1 saturated carbocycles. The van der Waals surface area contributed by atoms with Crippen LogP contribution in [0.4, 0.5) is 0 Å². The van der Waals surface area contributed by atoms with Crippen molar-refractivity contribution in [1.29, 1.82) is 0 Å². The summed E-state index contributed by atoms with van der Waals surface area (Å²) in [5.74, 6) is 0.937. The Bertz CT molecular complexity index is 892. The molecule has 25 heavy (non-hydrogen) atoms. The fourth-order valence-electron chi connectivity index (χ4n) is 3.76. The molecular weight excluding hydrogens is 310 g/mol. The highest BCUT2D eigenvalue weighted by Gasteiger charge is 2.18. The van der Waals surface area contributed by atoms with E-state index in [-0.39, 0.29) is 5.91 Å². The summed E-state index contributed by atoms with van der Waals surface area (Å²) in [6.07, 6.45) is 5.90. The van der Waals surface area contributed by atoms with Gasteiger partial charge in [0.2, 0.25) is 0 Å². The smallest absolute Gasteiger partial charge is 0.251 e. The first-order valence-corrected chi connectivity index (χ1v) is 9.08. The van der Waals surface area contributed by atoms with Crippen LogP contribution in [0.1, 0.15) is 48.3 Å². The topological polar surface area (TPSA) is 46.9 Å². The second-order valence-corrected chi connectivity index (χ2v) is 6.84. The third kappa shape index (κ3) is 3.16. The highest BCUT2D eigenvalue weighted by atomic mass is 16.1. The van der Waals surface area contributed by atoms with Gasteiger partial charge in [0.1, 0.15) is 5.82 Å². The molecule has 1 N–H and O–H groups in total. The van der Waals surface area contributed by atoms with Gasteiger partial charge in [0.15, 0.2) is 0 Å². The summed E-state index contributed by atoms with van der Waals surface area (Å²) in [5, 5.41) is 3.18. The Kier molecular flexibility index (Phi) is 4.26. The number of carbonyl (C=O) groups excluding carboxylic acids is 1. The van der Waals surface area contributed by atoms with E-state index in [4.69, 9.17) is 0 Å². The van der Waals surface area contributed by atoms with Crippen molar-refractivity contribution in [3.8, 4) is 5.69 Å². The SMILES string of the molecule is Cc1nc2cc(C(=O)NC3CCCCC3)ccc2n1-c1ccccc1. The Hall–Kier alpha value is -2.62. The molecule has 0 radical (unpaired) electrons. The van der Waals surface area contributed by atoms with E-state index in [0.29, 0.717) is 11.6 Å². The number of aryl methyl sites for hydroxylation is 1. The van der Waals surface area contributed by atoms with Crippen LogP contribution in [0.5, 0.6) is 0 Å². The molecule has 4 rings (SSSR count). The van der Waals surface area contributed by atoms with Gasteiger partial charge in [-0.3, -0.25) is 9.36 Å². The van der Waals surface area contributed by atoms with Crippen LogP contribution >= 0.6 is 0 Å². The molecule has 1 heterocycles. The van der Waals surface area contributed by atoms with Crippen LogP contribution in [-0.4, -0.2) is 21.5 Å². The Morgan fingerprint density at radius 2 is 1.84 bits per heavy atom. The summed E-state index contributed by atoms with van der Waals surface area (Å²) in [7, 11) is 0. The molecule has 4 nitrogen and oxygen atoms in total. The minimum Gasteiger partial charge on any atom is -0.349 e. The molecule has 2 aromatic carbocycles. The molecule has 1 aliphatic rings. The lowest BCUT2D eigenvalue weighted by atomic mass is 9.95. The van der Waals surface area contributed by atoms with Crippen LogP contribution in [-0.2, 0) is 0 Å². The standard InChI is InChI=1S/C21H23N3O/c1-15-22-19-14-16(21(25)23-17-8-4-2-5-9-17)12-13-20(19)24(15)18-10-6-3-7-11-18/h3,6-7,10-14,17H,2,4-5,8-9H2,1H3,(H,23,25). The number of aromatic nitrogens is 2. The third-order valence-electron chi connectivity index (χ3n) is 5.04. The fourth-order valence-corrected chi connectivity index (χ4v) is 3.76. The van der Waals surface area contributed by atoms with Crippen LogP contribution in [0, 0.1) is 6.92 Å². The molecule has 1 aromatic heterocycles. The summed E-state index contributed by atoms with van der Waals surface area (Å²) in [6, 6.07) is 16.3. The fraction of sp³-hybridized carbons (Fsp3) is 0.333. The molecule has 0 aliphatic heterocycles. The molecule has 128 valence electrons. The van der Waals surface area contributed by atoms with E-state index in [9.17, 15) is 4.79 Å². The number of rotatable bonds is 3. The third-order valence-corrected chi connectivity index (χ3v) is 5.04. The second kappa shape index (κ2) is 6.71. The lowest BCUT2D eigenvalue weighted by molar-refractivity contribution is 0.0928. The van der Waals surface area contributed by atoms with Crippen LogP contribution in [0.2, 0.25) is 0 Å². The predicted octanol–water partition coefficient (Wildman–Crippen LogP) is 4.40. The van der Waals surface area contributed by atoms with Crippen molar-refractivity contribution in [3.05, 3.63) is 59.9 Å². The van der Waals surface area contributed by atoms with Gasteiger partial charge in [-0.1, -0.05) is 37.5 Å². The van der Waals surface area contributed by atoms with Gasteiger partial charge >= 0.3 is 0 Å². The van der Waals surface area contributed by atoms with Gasteiger partial charge in [0.25, 0.3) is 5.91 Å². The maximum atomic E-state index is 12.6. The number of para-hydroxylation sites is 1. The van der Waals surface area contributed by atoms with Crippen LogP contribution < -0.4 is 5.32 Å². The summed E-state index contributed by atoms with van der Waals surface area (Å²) >= 11 is 0. The molecule has 3 aromatic rings. The van der Waals surface area contributed by atoms with E-state index in [1.54, 1.807) is 0 Å². The summed E-state index contributed by atoms with van der Waals surface area (Å²) in [5.41, 5.74) is 3.66. The predicted molar refractivity (Wildman–Crippen MR) is 100 cm³/mol. The number of imidazole rings is 1. The number of hydrogen-bond donors (Lipinski definition) is 1. The number of benzene rings is 2. The zero-order chi connectivity index (χ0) is 17.2. The maximum Gasteiger partial charge on any atom is 0.251 e. The largest absolute Gasteiger partial charge is 0.349 e. The minimum atomic E-state index is 0.0146. The molecule has 0 spiro atoms. The van der Waals surface area contributed by atoms with E-state index in [0.717, 1.165) is 35.4 Å². The monoisotopic (exact) mass is 333 g/mol. The number of nitrogens with one attached hydrogen (secondary N) is 1. The molecular formula is C21H23N3O. The first-order valence-electron chi connectivity index (χ1n) is 9.08. The second-order valence-electron chi connectivity index (χ2n) is 6.84. The van der Waals surface area contributed by atoms with Crippen molar-refractivity contribution in [3.63, 3.8) is 0 Å². The van der Waals surface area contributed by atoms with Crippen molar-refractivity contribution in [1.82, 2.24) is 14.9 Å². The lowest BCUT2D eigenvalue weighted by Crippen LogP contribution is -2.36. The quantitative estimate of drug-likeness (QED) is 0.772. The number of hydrogen-bond acceptors (Lipinski definition) is 2. The molecule has 1 amide bonds. The minimum absolute atomic E-state index is 0.0146.